The number of carbonyl (C=O) groups is 6. The average molecular weight is 1780 g/mol. The van der Waals surface area contributed by atoms with E-state index in [0.717, 1.165) is 167 Å². The molecule has 730 valence electrons. The molecule has 0 aromatic heterocycles. The molecule has 0 aromatic carbocycles. The standard InChI is InChI=1S/C101H191N2O20P/c1-8-14-20-26-32-38-40-42-44-50-56-62-68-74-92(109)117-85(72-66-60-54-48-36-30-24-18-12-5)79-91(108)103-97-99(122-94(111)77-84(106)71-65-59-53-47-35-29-23-17-11-4)98(113)89(121-101(97)123-124(7,114)115)82-116-100-96(102-90(107)76-83(105)70-64-58-52-46-34-28-22-16-10-3)88(78-87(81-104)119-100)120-95(112)80-86(73-67-61-55-49-37-31-25-19-13-6)118-93(110)75-69-63-57-51-45-43-41-39-33-27-21-15-9-2/h83-89,96-101,104-106,113H,8-82H2,1-7H3,(H,102,107)(H,103,108)(H,114,115)/t83-,84-,85-,86-,87?,88?,89?,96+,97+,98-,99?,100-,101?/m1/s1. The summed E-state index contributed by atoms with van der Waals surface area (Å²) < 4.78 is 63.5. The number of carbonyl (C=O) groups excluding carboxylic acids is 6. The Bertz CT molecular complexity index is 2580. The van der Waals surface area contributed by atoms with Gasteiger partial charge in [-0.05, 0) is 51.4 Å². The first-order valence-corrected chi connectivity index (χ1v) is 54.2. The molecule has 23 heteroatoms. The van der Waals surface area contributed by atoms with Crippen LogP contribution in [0, 0.1) is 0 Å². The van der Waals surface area contributed by atoms with Crippen LogP contribution in [0.5, 0.6) is 0 Å². The largest absolute Gasteiger partial charge is 0.462 e. The number of unbranched alkanes of at least 4 members (excludes halogenated alkanes) is 56. The zero-order chi connectivity index (χ0) is 90.6. The van der Waals surface area contributed by atoms with E-state index in [-0.39, 0.29) is 44.9 Å². The van der Waals surface area contributed by atoms with E-state index < -0.39 is 143 Å². The molecule has 0 bridgehead atoms. The molecule has 2 saturated heterocycles. The summed E-state index contributed by atoms with van der Waals surface area (Å²) in [5.74, 6) is -3.88. The Labute approximate surface area is 756 Å². The third-order valence-electron chi connectivity index (χ3n) is 25.1. The van der Waals surface area contributed by atoms with Gasteiger partial charge in [-0.2, -0.15) is 0 Å². The lowest BCUT2D eigenvalue weighted by Crippen LogP contribution is -2.66. The summed E-state index contributed by atoms with van der Waals surface area (Å²) in [6.45, 7) is 12.8. The van der Waals surface area contributed by atoms with Gasteiger partial charge in [-0.15, -0.1) is 0 Å². The van der Waals surface area contributed by atoms with Gasteiger partial charge in [0.2, 0.25) is 11.8 Å². The molecule has 7 N–H and O–H groups in total. The van der Waals surface area contributed by atoms with Gasteiger partial charge in [0, 0.05) is 25.9 Å². The van der Waals surface area contributed by atoms with E-state index in [1.54, 1.807) is 0 Å². The first-order valence-electron chi connectivity index (χ1n) is 52.1. The van der Waals surface area contributed by atoms with Gasteiger partial charge in [-0.25, -0.2) is 0 Å². The number of rotatable bonds is 88. The van der Waals surface area contributed by atoms with Crippen LogP contribution in [0.3, 0.4) is 0 Å². The fourth-order valence-electron chi connectivity index (χ4n) is 17.4. The molecule has 2 fully saturated rings. The Kier molecular flexibility index (Phi) is 75.8. The van der Waals surface area contributed by atoms with Gasteiger partial charge in [0.15, 0.2) is 18.7 Å². The summed E-state index contributed by atoms with van der Waals surface area (Å²) in [6.07, 6.45) is 53.0. The van der Waals surface area contributed by atoms with Gasteiger partial charge in [0.1, 0.15) is 42.6 Å². The minimum absolute atomic E-state index is 0.139. The highest BCUT2D eigenvalue weighted by atomic mass is 31.2. The lowest BCUT2D eigenvalue weighted by Gasteiger charge is -2.45. The Balaban J connectivity index is 2.62. The molecule has 2 rings (SSSR count). The number of hydrogen-bond acceptors (Lipinski definition) is 19. The van der Waals surface area contributed by atoms with Crippen LogP contribution >= 0.6 is 7.60 Å². The molecule has 22 nitrogen and oxygen atoms in total. The smallest absolute Gasteiger partial charge is 0.327 e. The highest BCUT2D eigenvalue weighted by Gasteiger charge is 2.52. The third-order valence-corrected chi connectivity index (χ3v) is 25.7. The van der Waals surface area contributed by atoms with Gasteiger partial charge >= 0.3 is 31.5 Å². The fraction of sp³-hybridized carbons (Fsp3) is 0.941. The van der Waals surface area contributed by atoms with Crippen molar-refractivity contribution in [1.29, 1.82) is 0 Å². The van der Waals surface area contributed by atoms with Crippen molar-refractivity contribution in [1.82, 2.24) is 10.6 Å². The number of nitrogens with one attached hydrogen (secondary N) is 2. The number of aliphatic hydroxyl groups is 4. The monoisotopic (exact) mass is 1780 g/mol. The van der Waals surface area contributed by atoms with Crippen LogP contribution in [-0.2, 0) is 71.0 Å². The predicted octanol–water partition coefficient (Wildman–Crippen LogP) is 24.6. The van der Waals surface area contributed by atoms with Crippen LogP contribution < -0.4 is 10.6 Å². The number of ether oxygens (including phenoxy) is 7. The van der Waals surface area contributed by atoms with Crippen LogP contribution in [0.4, 0.5) is 0 Å². The quantitative estimate of drug-likeness (QED) is 0.0129. The van der Waals surface area contributed by atoms with Crippen LogP contribution in [-0.4, -0.2) is 160 Å². The van der Waals surface area contributed by atoms with Gasteiger partial charge in [0.05, 0.1) is 57.2 Å². The van der Waals surface area contributed by atoms with Crippen LogP contribution in [0.15, 0.2) is 0 Å². The summed E-state index contributed by atoms with van der Waals surface area (Å²) in [5, 5.41) is 52.1. The SMILES string of the molecule is CCCCCCCCCCCCCCCC(=O)O[C@H](CCCCCCCCCCC)CC(=O)N[C@@H]1C(OP(C)(=O)O)OC(CO[C@@H]2OC(CO)CC(OC(=O)C[C@@H](CCCCCCCCCCC)OC(=O)CCCCCCCCCCCCCCC)[C@@H]2NC(=O)C[C@H](O)CCCCCCCCCCC)[C@@H](O)C1OC(=O)C[C@H](O)CCCCCCCCCCC. The van der Waals surface area contributed by atoms with Crippen molar-refractivity contribution in [2.24, 2.45) is 0 Å². The molecule has 0 aromatic rings. The highest BCUT2D eigenvalue weighted by Crippen LogP contribution is 2.42. The molecule has 0 aliphatic carbocycles. The lowest BCUT2D eigenvalue weighted by atomic mass is 9.95. The molecule has 124 heavy (non-hydrogen) atoms. The first-order chi connectivity index (χ1) is 60.2. The van der Waals surface area contributed by atoms with Crippen molar-refractivity contribution in [3.8, 4) is 0 Å². The van der Waals surface area contributed by atoms with Gasteiger partial charge in [-0.1, -0.05) is 414 Å². The van der Waals surface area contributed by atoms with E-state index in [2.05, 4.69) is 52.2 Å². The molecular weight excluding hydrogens is 1590 g/mol. The van der Waals surface area contributed by atoms with E-state index in [4.69, 9.17) is 37.7 Å². The molecule has 0 radical (unpaired) electrons. The summed E-state index contributed by atoms with van der Waals surface area (Å²) >= 11 is 0. The van der Waals surface area contributed by atoms with Gasteiger partial charge < -0.3 is 69.1 Å². The zero-order valence-electron chi connectivity index (χ0n) is 80.3. The van der Waals surface area contributed by atoms with Crippen LogP contribution in [0.2, 0.25) is 0 Å². The second kappa shape index (κ2) is 80.5. The van der Waals surface area contributed by atoms with E-state index >= 15 is 0 Å². The number of hydrogen-bond donors (Lipinski definition) is 7. The maximum absolute atomic E-state index is 14.8. The highest BCUT2D eigenvalue weighted by molar-refractivity contribution is 7.51. The van der Waals surface area contributed by atoms with Crippen molar-refractivity contribution in [3.05, 3.63) is 0 Å². The normalized spacial score (nSPS) is 20.0. The summed E-state index contributed by atoms with van der Waals surface area (Å²) in [5.41, 5.74) is 0. The Morgan fingerprint density at radius 2 is 0.677 bits per heavy atom. The van der Waals surface area contributed by atoms with Crippen LogP contribution in [0.25, 0.3) is 0 Å². The minimum atomic E-state index is -4.61. The third kappa shape index (κ3) is 65.3. The van der Waals surface area contributed by atoms with Crippen LogP contribution in [0.1, 0.15) is 510 Å². The van der Waals surface area contributed by atoms with Crippen molar-refractivity contribution in [2.45, 2.75) is 590 Å². The molecule has 2 aliphatic rings. The molecular formula is C101H191N2O20P. The Morgan fingerprint density at radius 3 is 1.03 bits per heavy atom. The summed E-state index contributed by atoms with van der Waals surface area (Å²) in [4.78, 5) is 96.7. The molecule has 2 aliphatic heterocycles. The first kappa shape index (κ1) is 117. The minimum Gasteiger partial charge on any atom is -0.462 e. The second-order valence-corrected chi connectivity index (χ2v) is 39.1. The Morgan fingerprint density at radius 1 is 0.371 bits per heavy atom. The van der Waals surface area contributed by atoms with Crippen molar-refractivity contribution in [3.63, 3.8) is 0 Å². The predicted molar refractivity (Wildman–Crippen MR) is 500 cm³/mol. The molecule has 0 saturated carbocycles. The van der Waals surface area contributed by atoms with E-state index in [1.165, 1.54) is 199 Å². The second-order valence-electron chi connectivity index (χ2n) is 37.3. The number of esters is 4. The van der Waals surface area contributed by atoms with Gasteiger partial charge in [0.25, 0.3) is 0 Å². The maximum atomic E-state index is 14.8. The van der Waals surface area contributed by atoms with Crippen molar-refractivity contribution < 1.29 is 96.3 Å². The summed E-state index contributed by atoms with van der Waals surface area (Å²) in [7, 11) is -4.61. The van der Waals surface area contributed by atoms with Gasteiger partial charge in [-0.3, -0.25) is 37.9 Å². The van der Waals surface area contributed by atoms with Crippen molar-refractivity contribution in [2.75, 3.05) is 19.9 Å². The molecule has 6 unspecified atom stereocenters. The molecule has 2 amide bonds. The number of amides is 2. The lowest BCUT2D eigenvalue weighted by molar-refractivity contribution is -0.283. The van der Waals surface area contributed by atoms with E-state index in [9.17, 15) is 58.7 Å². The van der Waals surface area contributed by atoms with Crippen molar-refractivity contribution >= 4 is 43.3 Å². The topological polar surface area (TPSA) is 319 Å². The maximum Gasteiger partial charge on any atom is 0.327 e. The average Bonchev–Trinajstić information content (AvgIpc) is 0.783. The molecule has 14 atom stereocenters. The summed E-state index contributed by atoms with van der Waals surface area (Å²) in [6, 6.07) is -3.05. The van der Waals surface area contributed by atoms with E-state index in [1.807, 2.05) is 0 Å². The zero-order valence-corrected chi connectivity index (χ0v) is 81.2. The molecule has 0 spiro atoms. The molecule has 2 heterocycles. The Hall–Kier alpha value is -3.31. The van der Waals surface area contributed by atoms with E-state index in [0.29, 0.717) is 57.8 Å². The fourth-order valence-corrected chi connectivity index (χ4v) is 18.0. The number of aliphatic hydroxyl groups excluding tert-OH is 4.